The van der Waals surface area contributed by atoms with Crippen LogP contribution < -0.4 is 5.32 Å². The Kier molecular flexibility index (Phi) is 6.32. The lowest BCUT2D eigenvalue weighted by atomic mass is 9.96. The number of nitrogens with one attached hydrogen (secondary N) is 1. The molecule has 8 heteroatoms. The van der Waals surface area contributed by atoms with E-state index in [0.717, 1.165) is 5.69 Å². The number of nitriles is 1. The van der Waals surface area contributed by atoms with Crippen LogP contribution in [0.4, 0.5) is 5.13 Å². The highest BCUT2D eigenvalue weighted by Gasteiger charge is 2.29. The van der Waals surface area contributed by atoms with Crippen molar-refractivity contribution in [3.63, 3.8) is 0 Å². The van der Waals surface area contributed by atoms with Gasteiger partial charge in [-0.3, -0.25) is 9.59 Å². The summed E-state index contributed by atoms with van der Waals surface area (Å²) in [6.45, 7) is 4.89. The summed E-state index contributed by atoms with van der Waals surface area (Å²) in [5.41, 5.74) is 0.902. The number of nitrogens with zero attached hydrogens (tertiary/aromatic N) is 3. The number of amides is 1. The minimum Gasteiger partial charge on any atom is -0.466 e. The number of carbonyl (C=O) groups is 2. The topological polar surface area (TPSA) is 95.3 Å². The van der Waals surface area contributed by atoms with E-state index in [1.807, 2.05) is 18.4 Å². The molecule has 0 spiro atoms. The van der Waals surface area contributed by atoms with E-state index in [-0.39, 0.29) is 23.4 Å². The number of carbonyl (C=O) groups excluding carboxylic acids is 2. The molecule has 1 aromatic rings. The fourth-order valence-electron chi connectivity index (χ4n) is 2.44. The van der Waals surface area contributed by atoms with Gasteiger partial charge in [-0.2, -0.15) is 5.26 Å². The Morgan fingerprint density at radius 2 is 2.25 bits per heavy atom. The largest absolute Gasteiger partial charge is 0.466 e. The van der Waals surface area contributed by atoms with Gasteiger partial charge in [0.05, 0.1) is 18.2 Å². The second-order valence-electron chi connectivity index (χ2n) is 5.43. The summed E-state index contributed by atoms with van der Waals surface area (Å²) < 4.78 is 5.01. The minimum atomic E-state index is -0.333. The highest BCUT2D eigenvalue weighted by Crippen LogP contribution is 2.20. The Hall–Kier alpha value is -2.40. The summed E-state index contributed by atoms with van der Waals surface area (Å²) >= 11 is 1.40. The third-order valence-corrected chi connectivity index (χ3v) is 4.60. The predicted octanol–water partition coefficient (Wildman–Crippen LogP) is 2.07. The lowest BCUT2D eigenvalue weighted by molar-refractivity contribution is -0.150. The van der Waals surface area contributed by atoms with Gasteiger partial charge in [0.15, 0.2) is 5.13 Å². The van der Waals surface area contributed by atoms with Crippen molar-refractivity contribution in [1.82, 2.24) is 9.88 Å². The van der Waals surface area contributed by atoms with E-state index >= 15 is 0 Å². The molecular weight excluding hydrogens is 328 g/mol. The molecule has 1 fully saturated rings. The fourth-order valence-corrected chi connectivity index (χ4v) is 3.10. The zero-order valence-corrected chi connectivity index (χ0v) is 14.6. The Morgan fingerprint density at radius 1 is 1.54 bits per heavy atom. The lowest BCUT2D eigenvalue weighted by Crippen LogP contribution is -2.41. The number of rotatable bonds is 5. The van der Waals surface area contributed by atoms with Crippen molar-refractivity contribution >= 4 is 28.3 Å². The highest BCUT2D eigenvalue weighted by molar-refractivity contribution is 7.13. The van der Waals surface area contributed by atoms with Gasteiger partial charge in [-0.15, -0.1) is 11.3 Å². The first kappa shape index (κ1) is 17.9. The van der Waals surface area contributed by atoms with Gasteiger partial charge in [0, 0.05) is 24.7 Å². The Labute approximate surface area is 144 Å². The van der Waals surface area contributed by atoms with Crippen molar-refractivity contribution in [1.29, 1.82) is 5.26 Å². The molecule has 0 unspecified atom stereocenters. The van der Waals surface area contributed by atoms with E-state index in [2.05, 4.69) is 10.3 Å². The maximum Gasteiger partial charge on any atom is 0.309 e. The van der Waals surface area contributed by atoms with Crippen LogP contribution in [-0.4, -0.2) is 41.5 Å². The first-order valence-corrected chi connectivity index (χ1v) is 8.68. The maximum absolute atomic E-state index is 12.4. The zero-order chi connectivity index (χ0) is 17.5. The number of thiazole rings is 1. The summed E-state index contributed by atoms with van der Waals surface area (Å²) in [4.78, 5) is 30.0. The van der Waals surface area contributed by atoms with Gasteiger partial charge < -0.3 is 15.0 Å². The van der Waals surface area contributed by atoms with Crippen LogP contribution in [0, 0.1) is 24.2 Å². The van der Waals surface area contributed by atoms with Gasteiger partial charge in [-0.05, 0) is 26.7 Å². The molecule has 1 aliphatic heterocycles. The number of esters is 1. The molecule has 0 saturated carbocycles. The molecular formula is C16H20N4O3S. The van der Waals surface area contributed by atoms with Crippen molar-refractivity contribution in [2.45, 2.75) is 26.7 Å². The van der Waals surface area contributed by atoms with Crippen LogP contribution in [-0.2, 0) is 14.3 Å². The molecule has 2 heterocycles. The molecule has 0 aliphatic carbocycles. The quantitative estimate of drug-likeness (QED) is 0.497. The van der Waals surface area contributed by atoms with Gasteiger partial charge in [-0.25, -0.2) is 4.98 Å². The van der Waals surface area contributed by atoms with Crippen molar-refractivity contribution in [3.05, 3.63) is 22.8 Å². The number of hydrogen-bond donors (Lipinski definition) is 1. The van der Waals surface area contributed by atoms with Crippen LogP contribution in [0.2, 0.25) is 0 Å². The third kappa shape index (κ3) is 4.55. The number of ether oxygens (including phenoxy) is 1. The molecule has 0 aromatic carbocycles. The molecule has 0 bridgehead atoms. The monoisotopic (exact) mass is 348 g/mol. The van der Waals surface area contributed by atoms with E-state index in [0.29, 0.717) is 37.7 Å². The molecule has 1 N–H and O–H groups in total. The molecule has 1 saturated heterocycles. The SMILES string of the molecule is CCOC(=O)C1CCN(C(=O)/C(C#N)=C\Nc2nc(C)cs2)CC1. The Bertz CT molecular complexity index is 669. The summed E-state index contributed by atoms with van der Waals surface area (Å²) in [7, 11) is 0. The summed E-state index contributed by atoms with van der Waals surface area (Å²) in [6, 6.07) is 1.92. The molecule has 24 heavy (non-hydrogen) atoms. The fraction of sp³-hybridized carbons (Fsp3) is 0.500. The average Bonchev–Trinajstić information content (AvgIpc) is 3.01. The van der Waals surface area contributed by atoms with Crippen molar-refractivity contribution < 1.29 is 14.3 Å². The van der Waals surface area contributed by atoms with Gasteiger partial charge in [0.1, 0.15) is 11.6 Å². The zero-order valence-electron chi connectivity index (χ0n) is 13.7. The molecule has 128 valence electrons. The number of hydrogen-bond acceptors (Lipinski definition) is 7. The van der Waals surface area contributed by atoms with E-state index in [9.17, 15) is 14.9 Å². The minimum absolute atomic E-state index is 0.0254. The molecule has 0 radical (unpaired) electrons. The maximum atomic E-state index is 12.4. The van der Waals surface area contributed by atoms with Gasteiger partial charge in [-0.1, -0.05) is 0 Å². The molecule has 7 nitrogen and oxygen atoms in total. The number of likely N-dealkylation sites (tertiary alicyclic amines) is 1. The third-order valence-electron chi connectivity index (χ3n) is 3.71. The number of piperidine rings is 1. The normalized spacial score (nSPS) is 15.7. The first-order valence-electron chi connectivity index (χ1n) is 7.80. The van der Waals surface area contributed by atoms with Crippen LogP contribution in [0.25, 0.3) is 0 Å². The van der Waals surface area contributed by atoms with Crippen molar-refractivity contribution in [3.8, 4) is 6.07 Å². The number of aryl methyl sites for hydroxylation is 1. The summed E-state index contributed by atoms with van der Waals surface area (Å²) in [6.07, 6.45) is 2.50. The molecule has 1 aliphatic rings. The molecule has 1 aromatic heterocycles. The van der Waals surface area contributed by atoms with Crippen LogP contribution >= 0.6 is 11.3 Å². The van der Waals surface area contributed by atoms with Crippen LogP contribution in [0.15, 0.2) is 17.2 Å². The molecule has 1 amide bonds. The molecule has 0 atom stereocenters. The van der Waals surface area contributed by atoms with E-state index in [1.165, 1.54) is 17.5 Å². The number of anilines is 1. The molecule has 2 rings (SSSR count). The van der Waals surface area contributed by atoms with E-state index < -0.39 is 0 Å². The number of aromatic nitrogens is 1. The van der Waals surface area contributed by atoms with Crippen molar-refractivity contribution in [2.75, 3.05) is 25.0 Å². The van der Waals surface area contributed by atoms with Gasteiger partial charge in [0.25, 0.3) is 5.91 Å². The van der Waals surface area contributed by atoms with E-state index in [4.69, 9.17) is 4.74 Å². The first-order chi connectivity index (χ1) is 11.5. The summed E-state index contributed by atoms with van der Waals surface area (Å²) in [5, 5.41) is 14.6. The van der Waals surface area contributed by atoms with Crippen LogP contribution in [0.1, 0.15) is 25.5 Å². The predicted molar refractivity (Wildman–Crippen MR) is 90.1 cm³/mol. The van der Waals surface area contributed by atoms with Crippen LogP contribution in [0.3, 0.4) is 0 Å². The highest BCUT2D eigenvalue weighted by atomic mass is 32.1. The second kappa shape index (κ2) is 8.45. The van der Waals surface area contributed by atoms with Crippen LogP contribution in [0.5, 0.6) is 0 Å². The standard InChI is InChI=1S/C16H20N4O3S/c1-3-23-15(22)12-4-6-20(7-5-12)14(21)13(8-17)9-18-16-19-11(2)10-24-16/h9-10,12H,3-7H2,1-2H3,(H,18,19)/b13-9-. The van der Waals surface area contributed by atoms with Gasteiger partial charge in [0.2, 0.25) is 0 Å². The average molecular weight is 348 g/mol. The Balaban J connectivity index is 1.92. The van der Waals surface area contributed by atoms with Crippen molar-refractivity contribution in [2.24, 2.45) is 5.92 Å². The van der Waals surface area contributed by atoms with Gasteiger partial charge >= 0.3 is 5.97 Å². The summed E-state index contributed by atoms with van der Waals surface area (Å²) in [5.74, 6) is -0.707. The Morgan fingerprint density at radius 3 is 2.79 bits per heavy atom. The second-order valence-corrected chi connectivity index (χ2v) is 6.28. The van der Waals surface area contributed by atoms with E-state index in [1.54, 1.807) is 11.8 Å². The smallest absolute Gasteiger partial charge is 0.309 e. The lowest BCUT2D eigenvalue weighted by Gasteiger charge is -2.30.